The maximum atomic E-state index is 12.4. The monoisotopic (exact) mass is 355 g/mol. The Balaban J connectivity index is 1.65. The first-order valence-corrected chi connectivity index (χ1v) is 8.55. The first-order chi connectivity index (χ1) is 12.7. The molecule has 1 aromatic carbocycles. The summed E-state index contributed by atoms with van der Waals surface area (Å²) in [7, 11) is 0. The molecule has 2 amide bonds. The molecule has 2 heterocycles. The third-order valence-corrected chi connectivity index (χ3v) is 3.95. The Morgan fingerprint density at radius 3 is 2.50 bits per heavy atom. The number of amides is 2. The molecule has 1 aliphatic heterocycles. The highest BCUT2D eigenvalue weighted by Crippen LogP contribution is 2.14. The Morgan fingerprint density at radius 1 is 1.12 bits per heavy atom. The van der Waals surface area contributed by atoms with Crippen molar-refractivity contribution in [2.75, 3.05) is 38.2 Å². The summed E-state index contributed by atoms with van der Waals surface area (Å²) in [6.45, 7) is 4.65. The van der Waals surface area contributed by atoms with Crippen molar-refractivity contribution >= 4 is 17.6 Å². The molecule has 0 aliphatic carbocycles. The molecular formula is C19H21N3O4. The average Bonchev–Trinajstić information content (AvgIpc) is 2.69. The highest BCUT2D eigenvalue weighted by molar-refractivity contribution is 6.04. The summed E-state index contributed by atoms with van der Waals surface area (Å²) < 4.78 is 10.6. The normalized spacial score (nSPS) is 14.0. The molecule has 0 spiro atoms. The second-order valence-corrected chi connectivity index (χ2v) is 5.73. The van der Waals surface area contributed by atoms with E-state index in [4.69, 9.17) is 9.47 Å². The minimum Gasteiger partial charge on any atom is -0.478 e. The third-order valence-electron chi connectivity index (χ3n) is 3.95. The molecule has 1 fully saturated rings. The van der Waals surface area contributed by atoms with E-state index in [0.717, 1.165) is 0 Å². The van der Waals surface area contributed by atoms with Gasteiger partial charge in [-0.2, -0.15) is 4.98 Å². The SMILES string of the molecule is CCOc1cccc(NC(=O)c2ccc(C(=O)N3CCOCC3)cc2)n1. The molecular weight excluding hydrogens is 334 g/mol. The van der Waals surface area contributed by atoms with Crippen LogP contribution in [0.25, 0.3) is 0 Å². The van der Waals surface area contributed by atoms with Gasteiger partial charge < -0.3 is 19.7 Å². The summed E-state index contributed by atoms with van der Waals surface area (Å²) in [5, 5.41) is 2.73. The number of nitrogens with zero attached hydrogens (tertiary/aromatic N) is 2. The lowest BCUT2D eigenvalue weighted by atomic mass is 10.1. The van der Waals surface area contributed by atoms with Crippen molar-refractivity contribution in [1.29, 1.82) is 0 Å². The Kier molecular flexibility index (Phi) is 5.80. The van der Waals surface area contributed by atoms with Crippen LogP contribution in [0, 0.1) is 0 Å². The Labute approximate surface area is 151 Å². The van der Waals surface area contributed by atoms with Crippen LogP contribution in [0.5, 0.6) is 5.88 Å². The third kappa shape index (κ3) is 4.37. The van der Waals surface area contributed by atoms with Gasteiger partial charge in [0.15, 0.2) is 0 Å². The number of rotatable bonds is 5. The number of nitrogens with one attached hydrogen (secondary N) is 1. The van der Waals surface area contributed by atoms with Crippen molar-refractivity contribution in [1.82, 2.24) is 9.88 Å². The minimum atomic E-state index is -0.295. The van der Waals surface area contributed by atoms with E-state index in [0.29, 0.717) is 55.7 Å². The van der Waals surface area contributed by atoms with Crippen LogP contribution in [-0.4, -0.2) is 54.6 Å². The number of hydrogen-bond donors (Lipinski definition) is 1. The van der Waals surface area contributed by atoms with E-state index in [1.54, 1.807) is 47.4 Å². The molecule has 26 heavy (non-hydrogen) atoms. The number of aromatic nitrogens is 1. The molecule has 0 unspecified atom stereocenters. The van der Waals surface area contributed by atoms with E-state index in [2.05, 4.69) is 10.3 Å². The van der Waals surface area contributed by atoms with Gasteiger partial charge in [-0.05, 0) is 37.3 Å². The van der Waals surface area contributed by atoms with Crippen molar-refractivity contribution in [2.24, 2.45) is 0 Å². The van der Waals surface area contributed by atoms with Crippen molar-refractivity contribution in [3.05, 3.63) is 53.6 Å². The summed E-state index contributed by atoms with van der Waals surface area (Å²) in [6.07, 6.45) is 0. The van der Waals surface area contributed by atoms with Crippen LogP contribution in [0.1, 0.15) is 27.6 Å². The number of carbonyl (C=O) groups is 2. The molecule has 0 atom stereocenters. The zero-order valence-corrected chi connectivity index (χ0v) is 14.6. The molecule has 7 nitrogen and oxygen atoms in total. The zero-order valence-electron chi connectivity index (χ0n) is 14.6. The largest absolute Gasteiger partial charge is 0.478 e. The summed E-state index contributed by atoms with van der Waals surface area (Å²) in [4.78, 5) is 30.7. The van der Waals surface area contributed by atoms with Crippen LogP contribution in [-0.2, 0) is 4.74 Å². The van der Waals surface area contributed by atoms with Gasteiger partial charge in [-0.3, -0.25) is 9.59 Å². The smallest absolute Gasteiger partial charge is 0.256 e. The van der Waals surface area contributed by atoms with Crippen LogP contribution in [0.4, 0.5) is 5.82 Å². The number of benzene rings is 1. The van der Waals surface area contributed by atoms with Gasteiger partial charge in [-0.1, -0.05) is 6.07 Å². The second kappa shape index (κ2) is 8.44. The predicted octanol–water partition coefficient (Wildman–Crippen LogP) is 2.21. The summed E-state index contributed by atoms with van der Waals surface area (Å²) >= 11 is 0. The van der Waals surface area contributed by atoms with Gasteiger partial charge >= 0.3 is 0 Å². The molecule has 7 heteroatoms. The standard InChI is InChI=1S/C19H21N3O4/c1-2-26-17-5-3-4-16(20-17)21-18(23)14-6-8-15(9-7-14)19(24)22-10-12-25-13-11-22/h3-9H,2,10-13H2,1H3,(H,20,21,23). The van der Waals surface area contributed by atoms with Crippen LogP contribution in [0.2, 0.25) is 0 Å². The fraction of sp³-hybridized carbons (Fsp3) is 0.316. The molecule has 1 N–H and O–H groups in total. The maximum absolute atomic E-state index is 12.4. The average molecular weight is 355 g/mol. The highest BCUT2D eigenvalue weighted by atomic mass is 16.5. The van der Waals surface area contributed by atoms with E-state index < -0.39 is 0 Å². The van der Waals surface area contributed by atoms with Crippen molar-refractivity contribution in [3.8, 4) is 5.88 Å². The minimum absolute atomic E-state index is 0.0497. The molecule has 0 bridgehead atoms. The van der Waals surface area contributed by atoms with Gasteiger partial charge in [0, 0.05) is 30.3 Å². The molecule has 0 radical (unpaired) electrons. The molecule has 1 saturated heterocycles. The molecule has 0 saturated carbocycles. The quantitative estimate of drug-likeness (QED) is 0.889. The van der Waals surface area contributed by atoms with E-state index in [1.807, 2.05) is 6.92 Å². The van der Waals surface area contributed by atoms with E-state index >= 15 is 0 Å². The van der Waals surface area contributed by atoms with Gasteiger partial charge in [0.05, 0.1) is 19.8 Å². The lowest BCUT2D eigenvalue weighted by Gasteiger charge is -2.26. The van der Waals surface area contributed by atoms with Gasteiger partial charge in [0.1, 0.15) is 5.82 Å². The Hall–Kier alpha value is -2.93. The Morgan fingerprint density at radius 2 is 1.81 bits per heavy atom. The van der Waals surface area contributed by atoms with Crippen molar-refractivity contribution in [2.45, 2.75) is 6.92 Å². The highest BCUT2D eigenvalue weighted by Gasteiger charge is 2.18. The number of carbonyl (C=O) groups excluding carboxylic acids is 2. The van der Waals surface area contributed by atoms with Crippen molar-refractivity contribution < 1.29 is 19.1 Å². The van der Waals surface area contributed by atoms with Gasteiger partial charge in [-0.15, -0.1) is 0 Å². The molecule has 1 aliphatic rings. The van der Waals surface area contributed by atoms with Crippen LogP contribution < -0.4 is 10.1 Å². The fourth-order valence-electron chi connectivity index (χ4n) is 2.61. The number of anilines is 1. The number of pyridine rings is 1. The summed E-state index contributed by atoms with van der Waals surface area (Å²) in [5.41, 5.74) is 1.01. The lowest BCUT2D eigenvalue weighted by Crippen LogP contribution is -2.40. The zero-order chi connectivity index (χ0) is 18.4. The maximum Gasteiger partial charge on any atom is 0.256 e. The molecule has 136 valence electrons. The van der Waals surface area contributed by atoms with Crippen LogP contribution in [0.3, 0.4) is 0 Å². The molecule has 1 aromatic heterocycles. The summed E-state index contributed by atoms with van der Waals surface area (Å²) in [6, 6.07) is 11.8. The number of morpholine rings is 1. The number of ether oxygens (including phenoxy) is 2. The van der Waals surface area contributed by atoms with Crippen LogP contribution >= 0.6 is 0 Å². The van der Waals surface area contributed by atoms with Crippen LogP contribution in [0.15, 0.2) is 42.5 Å². The first-order valence-electron chi connectivity index (χ1n) is 8.55. The van der Waals surface area contributed by atoms with Crippen molar-refractivity contribution in [3.63, 3.8) is 0 Å². The topological polar surface area (TPSA) is 80.8 Å². The van der Waals surface area contributed by atoms with Gasteiger partial charge in [-0.25, -0.2) is 0 Å². The Bertz CT molecular complexity index is 771. The first kappa shape index (κ1) is 17.9. The number of hydrogen-bond acceptors (Lipinski definition) is 5. The molecule has 3 rings (SSSR count). The molecule has 2 aromatic rings. The summed E-state index contributed by atoms with van der Waals surface area (Å²) in [5.74, 6) is 0.522. The van der Waals surface area contributed by atoms with E-state index in [9.17, 15) is 9.59 Å². The van der Waals surface area contributed by atoms with Gasteiger partial charge in [0.2, 0.25) is 5.88 Å². The lowest BCUT2D eigenvalue weighted by molar-refractivity contribution is 0.0303. The fourth-order valence-corrected chi connectivity index (χ4v) is 2.61. The van der Waals surface area contributed by atoms with E-state index in [-0.39, 0.29) is 11.8 Å². The van der Waals surface area contributed by atoms with E-state index in [1.165, 1.54) is 0 Å². The van der Waals surface area contributed by atoms with Gasteiger partial charge in [0.25, 0.3) is 11.8 Å². The predicted molar refractivity (Wildman–Crippen MR) is 96.5 cm³/mol. The second-order valence-electron chi connectivity index (χ2n) is 5.73.